The van der Waals surface area contributed by atoms with E-state index in [0.717, 1.165) is 0 Å². The number of carbonyl (C=O) groups excluding carboxylic acids is 1. The van der Waals surface area contributed by atoms with Crippen LogP contribution in [-0.2, 0) is 14.8 Å². The number of hydrogen-bond acceptors (Lipinski definition) is 4. The van der Waals surface area contributed by atoms with Gasteiger partial charge in [0.15, 0.2) is 0 Å². The molecule has 1 amide bonds. The minimum absolute atomic E-state index is 0.0349. The molecule has 0 aliphatic rings. The lowest BCUT2D eigenvalue weighted by Gasteiger charge is -2.28. The number of nitrogens with two attached hydrogens (primary N) is 1. The van der Waals surface area contributed by atoms with Crippen LogP contribution in [0.25, 0.3) is 0 Å². The van der Waals surface area contributed by atoms with Crippen LogP contribution in [0.4, 0.5) is 0 Å². The van der Waals surface area contributed by atoms with Gasteiger partial charge in [0.05, 0.1) is 11.2 Å². The zero-order chi connectivity index (χ0) is 12.8. The van der Waals surface area contributed by atoms with E-state index in [4.69, 9.17) is 5.73 Å². The van der Waals surface area contributed by atoms with Crippen molar-refractivity contribution >= 4 is 15.9 Å². The van der Waals surface area contributed by atoms with Crippen molar-refractivity contribution < 1.29 is 13.2 Å². The highest BCUT2D eigenvalue weighted by Gasteiger charge is 2.35. The second kappa shape index (κ2) is 6.20. The van der Waals surface area contributed by atoms with E-state index in [1.165, 1.54) is 0 Å². The Kier molecular flexibility index (Phi) is 5.96. The molecule has 0 saturated carbocycles. The Morgan fingerprint density at radius 2 is 1.75 bits per heavy atom. The summed E-state index contributed by atoms with van der Waals surface area (Å²) >= 11 is 0. The molecule has 6 heteroatoms. The fraction of sp³-hybridized carbons (Fsp3) is 0.900. The Hall–Kier alpha value is -0.620. The molecule has 0 rings (SSSR count). The Morgan fingerprint density at radius 1 is 1.25 bits per heavy atom. The Morgan fingerprint density at radius 3 is 2.06 bits per heavy atom. The maximum Gasteiger partial charge on any atom is 0.240 e. The van der Waals surface area contributed by atoms with Gasteiger partial charge >= 0.3 is 0 Å². The van der Waals surface area contributed by atoms with Gasteiger partial charge in [0.1, 0.15) is 0 Å². The summed E-state index contributed by atoms with van der Waals surface area (Å²) in [6, 6.07) is 0. The molecule has 0 fully saturated rings. The third-order valence-corrected chi connectivity index (χ3v) is 4.39. The van der Waals surface area contributed by atoms with Crippen LogP contribution in [0.1, 0.15) is 40.0 Å². The minimum atomic E-state index is -3.50. The lowest BCUT2D eigenvalue weighted by Crippen LogP contribution is -2.47. The molecule has 16 heavy (non-hydrogen) atoms. The van der Waals surface area contributed by atoms with Crippen LogP contribution in [0, 0.1) is 5.41 Å². The summed E-state index contributed by atoms with van der Waals surface area (Å²) < 4.78 is 25.0. The van der Waals surface area contributed by atoms with Crippen LogP contribution in [0.3, 0.4) is 0 Å². The minimum Gasteiger partial charge on any atom is -0.329 e. The molecule has 0 radical (unpaired) electrons. The SMILES string of the molecule is CCCS(=O)(=O)NC(=O)C(CC)(CC)CN. The summed E-state index contributed by atoms with van der Waals surface area (Å²) in [6.45, 7) is 5.58. The summed E-state index contributed by atoms with van der Waals surface area (Å²) in [4.78, 5) is 11.9. The monoisotopic (exact) mass is 250 g/mol. The van der Waals surface area contributed by atoms with Gasteiger partial charge in [-0.1, -0.05) is 20.8 Å². The van der Waals surface area contributed by atoms with Gasteiger partial charge < -0.3 is 5.73 Å². The van der Waals surface area contributed by atoms with Gasteiger partial charge in [-0.15, -0.1) is 0 Å². The first-order valence-electron chi connectivity index (χ1n) is 5.62. The lowest BCUT2D eigenvalue weighted by atomic mass is 9.82. The maximum absolute atomic E-state index is 11.9. The predicted octanol–water partition coefficient (Wildman–Crippen LogP) is 0.608. The van der Waals surface area contributed by atoms with Crippen LogP contribution in [-0.4, -0.2) is 26.6 Å². The van der Waals surface area contributed by atoms with Gasteiger partial charge in [-0.3, -0.25) is 9.52 Å². The highest BCUT2D eigenvalue weighted by atomic mass is 32.2. The van der Waals surface area contributed by atoms with Crippen molar-refractivity contribution in [2.45, 2.75) is 40.0 Å². The number of carbonyl (C=O) groups is 1. The molecule has 0 spiro atoms. The molecule has 0 bridgehead atoms. The Bertz CT molecular complexity index is 313. The van der Waals surface area contributed by atoms with Gasteiger partial charge in [-0.25, -0.2) is 8.42 Å². The van der Waals surface area contributed by atoms with Crippen molar-refractivity contribution in [3.63, 3.8) is 0 Å². The zero-order valence-corrected chi connectivity index (χ0v) is 11.1. The van der Waals surface area contributed by atoms with Crippen LogP contribution in [0.2, 0.25) is 0 Å². The molecule has 0 heterocycles. The molecule has 0 aromatic carbocycles. The molecular weight excluding hydrogens is 228 g/mol. The maximum atomic E-state index is 11.9. The van der Waals surface area contributed by atoms with Gasteiger partial charge in [0, 0.05) is 6.54 Å². The van der Waals surface area contributed by atoms with E-state index in [1.54, 1.807) is 6.92 Å². The van der Waals surface area contributed by atoms with Crippen molar-refractivity contribution in [2.75, 3.05) is 12.3 Å². The van der Waals surface area contributed by atoms with Crippen molar-refractivity contribution in [2.24, 2.45) is 11.1 Å². The first kappa shape index (κ1) is 15.4. The first-order chi connectivity index (χ1) is 7.37. The molecule has 3 N–H and O–H groups in total. The van der Waals surface area contributed by atoms with Crippen molar-refractivity contribution in [3.8, 4) is 0 Å². The molecule has 0 atom stereocenters. The smallest absolute Gasteiger partial charge is 0.240 e. The largest absolute Gasteiger partial charge is 0.329 e. The van der Waals surface area contributed by atoms with Gasteiger partial charge in [-0.05, 0) is 19.3 Å². The lowest BCUT2D eigenvalue weighted by molar-refractivity contribution is -0.129. The summed E-state index contributed by atoms with van der Waals surface area (Å²) in [7, 11) is -3.50. The highest BCUT2D eigenvalue weighted by molar-refractivity contribution is 7.90. The third kappa shape index (κ3) is 3.75. The molecule has 0 aliphatic carbocycles. The average molecular weight is 250 g/mol. The van der Waals surface area contributed by atoms with E-state index in [2.05, 4.69) is 4.72 Å². The Labute approximate surface area is 97.8 Å². The van der Waals surface area contributed by atoms with Crippen LogP contribution >= 0.6 is 0 Å². The summed E-state index contributed by atoms with van der Waals surface area (Å²) in [5.74, 6) is -0.513. The number of rotatable bonds is 7. The molecule has 5 nitrogen and oxygen atoms in total. The molecule has 0 saturated heterocycles. The van der Waals surface area contributed by atoms with Gasteiger partial charge in [0.25, 0.3) is 0 Å². The number of sulfonamides is 1. The molecule has 96 valence electrons. The summed E-state index contributed by atoms with van der Waals surface area (Å²) in [5, 5.41) is 0. The second-order valence-electron chi connectivity index (χ2n) is 3.94. The predicted molar refractivity (Wildman–Crippen MR) is 64.3 cm³/mol. The number of amides is 1. The van der Waals surface area contributed by atoms with Crippen molar-refractivity contribution in [3.05, 3.63) is 0 Å². The van der Waals surface area contributed by atoms with E-state index in [0.29, 0.717) is 19.3 Å². The fourth-order valence-electron chi connectivity index (χ4n) is 1.52. The summed E-state index contributed by atoms with van der Waals surface area (Å²) in [5.41, 5.74) is 4.80. The van der Waals surface area contributed by atoms with Gasteiger partial charge in [0.2, 0.25) is 15.9 Å². The number of hydrogen-bond donors (Lipinski definition) is 2. The highest BCUT2D eigenvalue weighted by Crippen LogP contribution is 2.25. The van der Waals surface area contributed by atoms with E-state index in [9.17, 15) is 13.2 Å². The van der Waals surface area contributed by atoms with E-state index >= 15 is 0 Å². The van der Waals surface area contributed by atoms with Crippen molar-refractivity contribution in [1.82, 2.24) is 4.72 Å². The van der Waals surface area contributed by atoms with E-state index < -0.39 is 21.3 Å². The molecule has 0 aromatic rings. The zero-order valence-electron chi connectivity index (χ0n) is 10.2. The van der Waals surface area contributed by atoms with Crippen LogP contribution in [0.15, 0.2) is 0 Å². The quantitative estimate of drug-likeness (QED) is 0.692. The van der Waals surface area contributed by atoms with Crippen LogP contribution < -0.4 is 10.5 Å². The standard InChI is InChI=1S/C10H22N2O3S/c1-4-7-16(14,15)12-9(13)10(5-2,6-3)8-11/h4-8,11H2,1-3H3,(H,12,13). The average Bonchev–Trinajstić information content (AvgIpc) is 2.20. The molecule has 0 unspecified atom stereocenters. The topological polar surface area (TPSA) is 89.3 Å². The first-order valence-corrected chi connectivity index (χ1v) is 7.27. The van der Waals surface area contributed by atoms with E-state index in [-0.39, 0.29) is 12.3 Å². The van der Waals surface area contributed by atoms with Crippen LogP contribution in [0.5, 0.6) is 0 Å². The Balaban J connectivity index is 4.80. The van der Waals surface area contributed by atoms with Gasteiger partial charge in [-0.2, -0.15) is 0 Å². The fourth-order valence-corrected chi connectivity index (χ4v) is 2.66. The third-order valence-electron chi connectivity index (χ3n) is 2.95. The number of nitrogens with one attached hydrogen (secondary N) is 1. The summed E-state index contributed by atoms with van der Waals surface area (Å²) in [6.07, 6.45) is 1.55. The second-order valence-corrected chi connectivity index (χ2v) is 5.78. The molecular formula is C10H22N2O3S. The molecule has 0 aliphatic heterocycles. The normalized spacial score (nSPS) is 12.5. The van der Waals surface area contributed by atoms with Crippen molar-refractivity contribution in [1.29, 1.82) is 0 Å². The van der Waals surface area contributed by atoms with E-state index in [1.807, 2.05) is 13.8 Å². The molecule has 0 aromatic heterocycles.